The highest BCUT2D eigenvalue weighted by Gasteiger charge is 2.50. The maximum absolute atomic E-state index is 12.8. The molecule has 23 heavy (non-hydrogen) atoms. The summed E-state index contributed by atoms with van der Waals surface area (Å²) in [5.74, 6) is -1.26. The van der Waals surface area contributed by atoms with Gasteiger partial charge in [-0.2, -0.15) is 0 Å². The molecule has 0 saturated heterocycles. The highest BCUT2D eigenvalue weighted by atomic mass is 16.6. The van der Waals surface area contributed by atoms with Gasteiger partial charge in [-0.3, -0.25) is 14.9 Å². The SMILES string of the molecule is C=C1C[C@H]([N+](=O)[O-])[C@@H](c2ccc(C)cc2)[C@@H]1C(=O)c1ccoc1. The molecule has 0 unspecified atom stereocenters. The Labute approximate surface area is 133 Å². The number of hydrogen-bond acceptors (Lipinski definition) is 4. The third-order valence-electron chi connectivity index (χ3n) is 4.51. The molecule has 2 aromatic rings. The summed E-state index contributed by atoms with van der Waals surface area (Å²) in [6, 6.07) is 8.31. The molecule has 5 heteroatoms. The predicted octanol–water partition coefficient (Wildman–Crippen LogP) is 3.78. The van der Waals surface area contributed by atoms with Gasteiger partial charge >= 0.3 is 0 Å². The second-order valence-corrected chi connectivity index (χ2v) is 6.01. The molecule has 1 aromatic carbocycles. The van der Waals surface area contributed by atoms with Crippen molar-refractivity contribution in [2.45, 2.75) is 25.3 Å². The lowest BCUT2D eigenvalue weighted by Crippen LogP contribution is -2.28. The quantitative estimate of drug-likeness (QED) is 0.373. The summed E-state index contributed by atoms with van der Waals surface area (Å²) in [5.41, 5.74) is 2.92. The lowest BCUT2D eigenvalue weighted by Gasteiger charge is -2.20. The Kier molecular flexibility index (Phi) is 3.86. The lowest BCUT2D eigenvalue weighted by molar-refractivity contribution is -0.523. The third kappa shape index (κ3) is 2.70. The number of aryl methyl sites for hydroxylation is 1. The van der Waals surface area contributed by atoms with Crippen LogP contribution in [-0.4, -0.2) is 16.7 Å². The minimum atomic E-state index is -0.828. The number of nitro groups is 1. The van der Waals surface area contributed by atoms with Crippen molar-refractivity contribution < 1.29 is 14.1 Å². The first-order chi connectivity index (χ1) is 11.0. The van der Waals surface area contributed by atoms with Gasteiger partial charge in [0.05, 0.1) is 23.7 Å². The van der Waals surface area contributed by atoms with Crippen LogP contribution >= 0.6 is 0 Å². The number of rotatable bonds is 4. The number of hydrogen-bond donors (Lipinski definition) is 0. The van der Waals surface area contributed by atoms with Crippen molar-refractivity contribution >= 4 is 5.78 Å². The van der Waals surface area contributed by atoms with E-state index < -0.39 is 17.9 Å². The Hall–Kier alpha value is -2.69. The van der Waals surface area contributed by atoms with Crippen LogP contribution in [0, 0.1) is 23.0 Å². The van der Waals surface area contributed by atoms with E-state index in [9.17, 15) is 14.9 Å². The van der Waals surface area contributed by atoms with Gasteiger partial charge in [0, 0.05) is 11.3 Å². The first kappa shape index (κ1) is 15.2. The van der Waals surface area contributed by atoms with Crippen molar-refractivity contribution in [3.8, 4) is 0 Å². The maximum Gasteiger partial charge on any atom is 0.224 e. The van der Waals surface area contributed by atoms with Gasteiger partial charge in [0.1, 0.15) is 6.26 Å². The standard InChI is InChI=1S/C18H17NO4/c1-11-3-5-13(6-4-11)17-15(19(21)22)9-12(2)16(17)18(20)14-7-8-23-10-14/h3-8,10,15-17H,2,9H2,1H3/t15-,16+,17+/m0/s1. The molecule has 0 spiro atoms. The molecular weight excluding hydrogens is 294 g/mol. The van der Waals surface area contributed by atoms with Gasteiger partial charge in [-0.25, -0.2) is 0 Å². The molecule has 1 heterocycles. The fourth-order valence-electron chi connectivity index (χ4n) is 3.34. The third-order valence-corrected chi connectivity index (χ3v) is 4.51. The fraction of sp³-hybridized carbons (Fsp3) is 0.278. The van der Waals surface area contributed by atoms with Crippen molar-refractivity contribution in [3.63, 3.8) is 0 Å². The molecular formula is C18H17NO4. The molecule has 0 aliphatic heterocycles. The van der Waals surface area contributed by atoms with Gasteiger partial charge < -0.3 is 4.42 Å². The van der Waals surface area contributed by atoms with Crippen LogP contribution in [0.5, 0.6) is 0 Å². The zero-order valence-electron chi connectivity index (χ0n) is 12.8. The number of furan rings is 1. The van der Waals surface area contributed by atoms with E-state index in [2.05, 4.69) is 6.58 Å². The molecule has 3 atom stereocenters. The zero-order chi connectivity index (χ0) is 16.6. The van der Waals surface area contributed by atoms with E-state index in [-0.39, 0.29) is 17.1 Å². The average molecular weight is 311 g/mol. The van der Waals surface area contributed by atoms with Crippen LogP contribution in [0.4, 0.5) is 0 Å². The number of carbonyl (C=O) groups is 1. The molecule has 1 aliphatic carbocycles. The van der Waals surface area contributed by atoms with Gasteiger partial charge in [0.15, 0.2) is 5.78 Å². The van der Waals surface area contributed by atoms with E-state index in [0.717, 1.165) is 11.1 Å². The molecule has 5 nitrogen and oxygen atoms in total. The summed E-state index contributed by atoms with van der Waals surface area (Å²) in [6.45, 7) is 5.89. The molecule has 0 radical (unpaired) electrons. The Morgan fingerprint density at radius 2 is 2.00 bits per heavy atom. The highest BCUT2D eigenvalue weighted by molar-refractivity contribution is 6.00. The van der Waals surface area contributed by atoms with Crippen molar-refractivity contribution in [1.29, 1.82) is 0 Å². The Morgan fingerprint density at radius 1 is 1.30 bits per heavy atom. The van der Waals surface area contributed by atoms with Crippen LogP contribution in [0.25, 0.3) is 0 Å². The molecule has 1 aromatic heterocycles. The molecule has 1 fully saturated rings. The molecule has 118 valence electrons. The Balaban J connectivity index is 2.04. The van der Waals surface area contributed by atoms with Gasteiger partial charge in [-0.1, -0.05) is 42.0 Å². The van der Waals surface area contributed by atoms with Crippen LogP contribution in [0.2, 0.25) is 0 Å². The summed E-state index contributed by atoms with van der Waals surface area (Å²) < 4.78 is 4.98. The molecule has 1 saturated carbocycles. The summed E-state index contributed by atoms with van der Waals surface area (Å²) in [6.07, 6.45) is 3.03. The predicted molar refractivity (Wildman–Crippen MR) is 85.0 cm³/mol. The molecule has 0 bridgehead atoms. The van der Waals surface area contributed by atoms with Crippen molar-refractivity contribution in [2.75, 3.05) is 0 Å². The summed E-state index contributed by atoms with van der Waals surface area (Å²) in [4.78, 5) is 24.0. The maximum atomic E-state index is 12.8. The lowest BCUT2D eigenvalue weighted by atomic mass is 9.81. The largest absolute Gasteiger partial charge is 0.472 e. The summed E-state index contributed by atoms with van der Waals surface area (Å²) in [5, 5.41) is 11.5. The number of benzene rings is 1. The highest BCUT2D eigenvalue weighted by Crippen LogP contribution is 2.45. The van der Waals surface area contributed by atoms with Gasteiger partial charge in [-0.05, 0) is 18.6 Å². The van der Waals surface area contributed by atoms with Crippen LogP contribution in [0.3, 0.4) is 0 Å². The molecule has 0 amide bonds. The van der Waals surface area contributed by atoms with Crippen LogP contribution in [0.1, 0.15) is 33.8 Å². The van der Waals surface area contributed by atoms with Gasteiger partial charge in [0.2, 0.25) is 6.04 Å². The molecule has 0 N–H and O–H groups in total. The monoisotopic (exact) mass is 311 g/mol. The van der Waals surface area contributed by atoms with Crippen LogP contribution in [0.15, 0.2) is 59.4 Å². The van der Waals surface area contributed by atoms with E-state index in [0.29, 0.717) is 11.1 Å². The zero-order valence-corrected chi connectivity index (χ0v) is 12.8. The minimum absolute atomic E-state index is 0.168. The van der Waals surface area contributed by atoms with E-state index in [4.69, 9.17) is 4.42 Å². The van der Waals surface area contributed by atoms with Crippen LogP contribution in [-0.2, 0) is 0 Å². The molecule has 3 rings (SSSR count). The number of ketones is 1. The first-order valence-corrected chi connectivity index (χ1v) is 7.43. The van der Waals surface area contributed by atoms with Crippen molar-refractivity contribution in [1.82, 2.24) is 0 Å². The van der Waals surface area contributed by atoms with Gasteiger partial charge in [-0.15, -0.1) is 0 Å². The smallest absolute Gasteiger partial charge is 0.224 e. The van der Waals surface area contributed by atoms with E-state index >= 15 is 0 Å². The van der Waals surface area contributed by atoms with Gasteiger partial charge in [0.25, 0.3) is 0 Å². The number of nitrogens with zero attached hydrogens (tertiary/aromatic N) is 1. The number of Topliss-reactive ketones (excluding diaryl/α,β-unsaturated/α-hetero) is 1. The topological polar surface area (TPSA) is 73.3 Å². The fourth-order valence-corrected chi connectivity index (χ4v) is 3.34. The minimum Gasteiger partial charge on any atom is -0.472 e. The summed E-state index contributed by atoms with van der Waals surface area (Å²) >= 11 is 0. The van der Waals surface area contributed by atoms with Crippen molar-refractivity contribution in [2.24, 2.45) is 5.92 Å². The van der Waals surface area contributed by atoms with E-state index in [1.54, 1.807) is 6.07 Å². The van der Waals surface area contributed by atoms with Crippen molar-refractivity contribution in [3.05, 3.63) is 81.8 Å². The number of carbonyl (C=O) groups excluding carboxylic acids is 1. The summed E-state index contributed by atoms with van der Waals surface area (Å²) in [7, 11) is 0. The van der Waals surface area contributed by atoms with E-state index in [1.165, 1.54) is 12.5 Å². The normalized spacial score (nSPS) is 23.9. The second kappa shape index (κ2) is 5.83. The Morgan fingerprint density at radius 3 is 2.57 bits per heavy atom. The first-order valence-electron chi connectivity index (χ1n) is 7.43. The molecule has 1 aliphatic rings. The average Bonchev–Trinajstić information content (AvgIpc) is 3.15. The van der Waals surface area contributed by atoms with Crippen LogP contribution < -0.4 is 0 Å². The van der Waals surface area contributed by atoms with E-state index in [1.807, 2.05) is 31.2 Å². The second-order valence-electron chi connectivity index (χ2n) is 6.01. The Bertz CT molecular complexity index is 746.